The van der Waals surface area contributed by atoms with Gasteiger partial charge in [0.2, 0.25) is 6.20 Å². The molecule has 0 fully saturated rings. The lowest BCUT2D eigenvalue weighted by Crippen LogP contribution is -2.36. The number of anilines is 1. The fourth-order valence-electron chi connectivity index (χ4n) is 1.57. The van der Waals surface area contributed by atoms with Crippen molar-refractivity contribution in [1.29, 1.82) is 0 Å². The van der Waals surface area contributed by atoms with Gasteiger partial charge in [-0.3, -0.25) is 5.32 Å². The Balaban J connectivity index is 2.15. The molecule has 106 valence electrons. The molecule has 0 atom stereocenters. The molecule has 0 bridgehead atoms. The first-order chi connectivity index (χ1) is 9.35. The molecule has 0 spiro atoms. The third-order valence-corrected chi connectivity index (χ3v) is 2.28. The predicted molar refractivity (Wildman–Crippen MR) is 72.4 cm³/mol. The van der Waals surface area contributed by atoms with Gasteiger partial charge in [-0.15, -0.1) is 0 Å². The van der Waals surface area contributed by atoms with Gasteiger partial charge in [0.15, 0.2) is 6.20 Å². The second-order valence-electron chi connectivity index (χ2n) is 5.18. The molecule has 2 aromatic rings. The van der Waals surface area contributed by atoms with Crippen LogP contribution < -0.4 is 10.2 Å². The fraction of sp³-hybridized carbons (Fsp3) is 0.308. The maximum absolute atomic E-state index is 11.7. The lowest BCUT2D eigenvalue weighted by Gasteiger charge is -2.19. The van der Waals surface area contributed by atoms with Crippen LogP contribution >= 0.6 is 0 Å². The van der Waals surface area contributed by atoms with E-state index in [2.05, 4.69) is 10.4 Å². The van der Waals surface area contributed by atoms with Crippen molar-refractivity contribution in [2.24, 2.45) is 0 Å². The highest BCUT2D eigenvalue weighted by Gasteiger charge is 2.16. The summed E-state index contributed by atoms with van der Waals surface area (Å²) in [5.41, 5.74) is 0.493. The molecular weight excluding hydrogens is 260 g/mol. The first kappa shape index (κ1) is 13.9. The third-order valence-electron chi connectivity index (χ3n) is 2.28. The molecular formula is C13H16N4O3. The average Bonchev–Trinajstić information content (AvgIpc) is 2.73. The molecule has 2 rings (SSSR count). The predicted octanol–water partition coefficient (Wildman–Crippen LogP) is 1.85. The summed E-state index contributed by atoms with van der Waals surface area (Å²) >= 11 is 0. The number of aromatic nitrogens is 3. The van der Waals surface area contributed by atoms with E-state index in [1.807, 2.05) is 0 Å². The van der Waals surface area contributed by atoms with Crippen LogP contribution in [0.2, 0.25) is 0 Å². The molecule has 0 unspecified atom stereocenters. The first-order valence-corrected chi connectivity index (χ1v) is 6.09. The summed E-state index contributed by atoms with van der Waals surface area (Å²) in [5.74, 6) is 0. The number of hydrogen-bond donors (Lipinski definition) is 1. The van der Waals surface area contributed by atoms with Gasteiger partial charge in [-0.25, -0.2) is 4.79 Å². The van der Waals surface area contributed by atoms with Gasteiger partial charge in [0.1, 0.15) is 11.3 Å². The molecule has 1 N–H and O–H groups in total. The quantitative estimate of drug-likeness (QED) is 0.670. The summed E-state index contributed by atoms with van der Waals surface area (Å²) in [6.07, 6.45) is 2.12. The second kappa shape index (κ2) is 5.20. The molecule has 20 heavy (non-hydrogen) atoms. The van der Waals surface area contributed by atoms with Gasteiger partial charge in [-0.05, 0) is 43.8 Å². The van der Waals surface area contributed by atoms with E-state index >= 15 is 0 Å². The Kier molecular flexibility index (Phi) is 3.60. The molecule has 7 nitrogen and oxygen atoms in total. The van der Waals surface area contributed by atoms with Gasteiger partial charge < -0.3 is 9.94 Å². The van der Waals surface area contributed by atoms with Crippen LogP contribution in [0.1, 0.15) is 20.8 Å². The maximum atomic E-state index is 11.7. The molecule has 1 aromatic heterocycles. The number of nitrogens with one attached hydrogen (secondary N) is 1. The van der Waals surface area contributed by atoms with E-state index in [1.165, 1.54) is 17.2 Å². The van der Waals surface area contributed by atoms with E-state index in [0.717, 1.165) is 0 Å². The normalized spacial score (nSPS) is 11.2. The van der Waals surface area contributed by atoms with Gasteiger partial charge in [0, 0.05) is 10.8 Å². The molecule has 0 aliphatic rings. The minimum atomic E-state index is -0.568. The van der Waals surface area contributed by atoms with E-state index in [-0.39, 0.29) is 0 Å². The van der Waals surface area contributed by atoms with Gasteiger partial charge in [-0.2, -0.15) is 4.85 Å². The van der Waals surface area contributed by atoms with E-state index in [4.69, 9.17) is 4.74 Å². The number of rotatable bonds is 2. The standard InChI is InChI=1S/C13H16N4O3/c1-13(2,3)20-12(18)15-10-5-4-6-11(9-10)17-14-7-8-16(17)19/h4-9H,1-3H3,(H,15,18). The lowest BCUT2D eigenvalue weighted by atomic mass is 10.2. The highest BCUT2D eigenvalue weighted by atomic mass is 16.6. The minimum absolute atomic E-state index is 0.521. The van der Waals surface area contributed by atoms with E-state index in [9.17, 15) is 10.0 Å². The van der Waals surface area contributed by atoms with Crippen molar-refractivity contribution in [2.45, 2.75) is 26.4 Å². The Labute approximate surface area is 116 Å². The number of nitrogens with zero attached hydrogens (tertiary/aromatic N) is 3. The van der Waals surface area contributed by atoms with Gasteiger partial charge >= 0.3 is 6.09 Å². The summed E-state index contributed by atoms with van der Waals surface area (Å²) in [7, 11) is 0. The van der Waals surface area contributed by atoms with Crippen molar-refractivity contribution in [1.82, 2.24) is 9.90 Å². The minimum Gasteiger partial charge on any atom is -0.692 e. The van der Waals surface area contributed by atoms with Gasteiger partial charge in [0.05, 0.1) is 0 Å². The SMILES string of the molecule is CC(C)(C)OC(=O)Nc1cccc(-n2ncc[n+]2[O-])c1. The topological polar surface area (TPSA) is 83.1 Å². The molecule has 1 heterocycles. The molecule has 1 aromatic carbocycles. The van der Waals surface area contributed by atoms with Crippen molar-refractivity contribution in [2.75, 3.05) is 5.32 Å². The smallest absolute Gasteiger partial charge is 0.412 e. The zero-order valence-electron chi connectivity index (χ0n) is 11.5. The number of ether oxygens (including phenoxy) is 1. The molecule has 0 radical (unpaired) electrons. The van der Waals surface area contributed by atoms with Crippen LogP contribution in [0.15, 0.2) is 36.7 Å². The second-order valence-corrected chi connectivity index (χ2v) is 5.18. The monoisotopic (exact) mass is 276 g/mol. The molecule has 0 aliphatic heterocycles. The van der Waals surface area contributed by atoms with Crippen LogP contribution in [0, 0.1) is 5.21 Å². The largest absolute Gasteiger partial charge is 0.692 e. The van der Waals surface area contributed by atoms with Crippen LogP contribution in [0.5, 0.6) is 0 Å². The summed E-state index contributed by atoms with van der Waals surface area (Å²) in [5, 5.41) is 17.9. The van der Waals surface area contributed by atoms with Crippen molar-refractivity contribution in [3.8, 4) is 5.69 Å². The van der Waals surface area contributed by atoms with Gasteiger partial charge in [0.25, 0.3) is 0 Å². The van der Waals surface area contributed by atoms with Crippen LogP contribution in [0.3, 0.4) is 0 Å². The number of carbonyl (C=O) groups excluding carboxylic acids is 1. The number of hydrogen-bond acceptors (Lipinski definition) is 4. The zero-order chi connectivity index (χ0) is 14.8. The number of carbonyl (C=O) groups is 1. The molecule has 0 saturated carbocycles. The van der Waals surface area contributed by atoms with E-state index < -0.39 is 11.7 Å². The highest BCUT2D eigenvalue weighted by Crippen LogP contribution is 2.14. The molecule has 7 heteroatoms. The van der Waals surface area contributed by atoms with Crippen molar-refractivity contribution >= 4 is 11.8 Å². The van der Waals surface area contributed by atoms with Gasteiger partial charge in [-0.1, -0.05) is 6.07 Å². The zero-order valence-corrected chi connectivity index (χ0v) is 11.5. The fourth-order valence-corrected chi connectivity index (χ4v) is 1.57. The number of amides is 1. The van der Waals surface area contributed by atoms with Crippen LogP contribution in [0.4, 0.5) is 10.5 Å². The summed E-state index contributed by atoms with van der Waals surface area (Å²) in [6.45, 7) is 5.35. The Morgan fingerprint density at radius 3 is 2.80 bits per heavy atom. The number of benzene rings is 1. The highest BCUT2D eigenvalue weighted by molar-refractivity contribution is 5.85. The third kappa shape index (κ3) is 3.47. The summed E-state index contributed by atoms with van der Waals surface area (Å²) in [4.78, 5) is 13.4. The van der Waals surface area contributed by atoms with Crippen LogP contribution in [-0.2, 0) is 4.74 Å². The van der Waals surface area contributed by atoms with Crippen molar-refractivity contribution < 1.29 is 14.4 Å². The van der Waals surface area contributed by atoms with Crippen LogP contribution in [0.25, 0.3) is 5.69 Å². The van der Waals surface area contributed by atoms with Crippen molar-refractivity contribution in [3.63, 3.8) is 0 Å². The molecule has 1 amide bonds. The van der Waals surface area contributed by atoms with E-state index in [0.29, 0.717) is 16.2 Å². The van der Waals surface area contributed by atoms with E-state index in [1.54, 1.807) is 45.0 Å². The summed E-state index contributed by atoms with van der Waals surface area (Å²) < 4.78 is 5.16. The summed E-state index contributed by atoms with van der Waals surface area (Å²) in [6, 6.07) is 6.75. The van der Waals surface area contributed by atoms with Crippen LogP contribution in [-0.4, -0.2) is 21.6 Å². The molecule has 0 saturated heterocycles. The average molecular weight is 276 g/mol. The lowest BCUT2D eigenvalue weighted by molar-refractivity contribution is -0.688. The maximum Gasteiger partial charge on any atom is 0.412 e. The van der Waals surface area contributed by atoms with Crippen molar-refractivity contribution in [3.05, 3.63) is 41.9 Å². The Bertz CT molecular complexity index is 616. The molecule has 0 aliphatic carbocycles. The Morgan fingerprint density at radius 2 is 2.20 bits per heavy atom. The Hall–Kier alpha value is -2.57. The Morgan fingerprint density at radius 1 is 1.45 bits per heavy atom. The first-order valence-electron chi connectivity index (χ1n) is 6.09.